The summed E-state index contributed by atoms with van der Waals surface area (Å²) >= 11 is 5.14. The predicted molar refractivity (Wildman–Crippen MR) is 77.7 cm³/mol. The first-order chi connectivity index (χ1) is 8.72. The molecule has 0 fully saturated rings. The Balaban J connectivity index is 2.01. The molecule has 2 rings (SSSR count). The van der Waals surface area contributed by atoms with Crippen LogP contribution < -0.4 is 0 Å². The predicted octanol–water partition coefficient (Wildman–Crippen LogP) is 3.49. The van der Waals surface area contributed by atoms with Gasteiger partial charge >= 0.3 is 0 Å². The van der Waals surface area contributed by atoms with Crippen LogP contribution in [0.4, 0.5) is 0 Å². The van der Waals surface area contributed by atoms with E-state index in [1.54, 1.807) is 18.0 Å². The molecule has 1 heterocycles. The van der Waals surface area contributed by atoms with Crippen molar-refractivity contribution in [2.45, 2.75) is 24.5 Å². The van der Waals surface area contributed by atoms with E-state index in [9.17, 15) is 5.11 Å². The van der Waals surface area contributed by atoms with Crippen molar-refractivity contribution in [2.24, 2.45) is 0 Å². The number of aromatic nitrogens is 2. The van der Waals surface area contributed by atoms with Gasteiger partial charge in [-0.3, -0.25) is 4.68 Å². The van der Waals surface area contributed by atoms with E-state index in [-0.39, 0.29) is 0 Å². The average Bonchev–Trinajstić information content (AvgIpc) is 2.86. The molecule has 1 N–H and O–H groups in total. The molecule has 96 valence electrons. The number of aryl methyl sites for hydroxylation is 1. The van der Waals surface area contributed by atoms with Gasteiger partial charge < -0.3 is 5.11 Å². The van der Waals surface area contributed by atoms with Gasteiger partial charge in [-0.15, -0.1) is 11.8 Å². The molecule has 0 aliphatic carbocycles. The van der Waals surface area contributed by atoms with Crippen LogP contribution in [0.5, 0.6) is 0 Å². The molecule has 1 atom stereocenters. The largest absolute Gasteiger partial charge is 0.386 e. The van der Waals surface area contributed by atoms with Gasteiger partial charge in [-0.25, -0.2) is 0 Å². The SMILES string of the molecule is CCn1nccc1C(O)CSc1ccccc1Br. The van der Waals surface area contributed by atoms with Crippen LogP contribution in [0.15, 0.2) is 45.9 Å². The smallest absolute Gasteiger partial charge is 0.105 e. The Bertz CT molecular complexity index is 515. The quantitative estimate of drug-likeness (QED) is 0.855. The van der Waals surface area contributed by atoms with Crippen molar-refractivity contribution in [3.63, 3.8) is 0 Å². The third-order valence-corrected chi connectivity index (χ3v) is 4.73. The minimum Gasteiger partial charge on any atom is -0.386 e. The van der Waals surface area contributed by atoms with Gasteiger partial charge in [-0.05, 0) is 41.1 Å². The van der Waals surface area contributed by atoms with Crippen molar-refractivity contribution >= 4 is 27.7 Å². The highest BCUT2D eigenvalue weighted by Gasteiger charge is 2.13. The van der Waals surface area contributed by atoms with Crippen LogP contribution in [0.25, 0.3) is 0 Å². The van der Waals surface area contributed by atoms with E-state index in [0.717, 1.165) is 21.6 Å². The lowest BCUT2D eigenvalue weighted by atomic mass is 10.3. The Kier molecular flexibility index (Phi) is 4.86. The van der Waals surface area contributed by atoms with E-state index in [2.05, 4.69) is 21.0 Å². The molecular formula is C13H15BrN2OS. The third kappa shape index (κ3) is 3.16. The number of thioether (sulfide) groups is 1. The molecular weight excluding hydrogens is 312 g/mol. The highest BCUT2D eigenvalue weighted by atomic mass is 79.9. The van der Waals surface area contributed by atoms with Crippen molar-refractivity contribution in [3.05, 3.63) is 46.7 Å². The minimum atomic E-state index is -0.496. The molecule has 0 bridgehead atoms. The van der Waals surface area contributed by atoms with Crippen LogP contribution in [-0.2, 0) is 6.54 Å². The van der Waals surface area contributed by atoms with Crippen molar-refractivity contribution in [1.82, 2.24) is 9.78 Å². The van der Waals surface area contributed by atoms with Gasteiger partial charge in [-0.2, -0.15) is 5.10 Å². The fourth-order valence-electron chi connectivity index (χ4n) is 1.71. The van der Waals surface area contributed by atoms with E-state index in [4.69, 9.17) is 0 Å². The Morgan fingerprint density at radius 3 is 2.89 bits per heavy atom. The summed E-state index contributed by atoms with van der Waals surface area (Å²) in [6.07, 6.45) is 1.23. The monoisotopic (exact) mass is 326 g/mol. The molecule has 3 nitrogen and oxygen atoms in total. The summed E-state index contributed by atoms with van der Waals surface area (Å²) in [6, 6.07) is 9.89. The molecule has 5 heteroatoms. The molecule has 0 aliphatic heterocycles. The van der Waals surface area contributed by atoms with E-state index in [0.29, 0.717) is 5.75 Å². The zero-order chi connectivity index (χ0) is 13.0. The van der Waals surface area contributed by atoms with Gasteiger partial charge in [0.05, 0.1) is 5.69 Å². The lowest BCUT2D eigenvalue weighted by molar-refractivity contribution is 0.192. The summed E-state index contributed by atoms with van der Waals surface area (Å²) in [5.41, 5.74) is 0.872. The van der Waals surface area contributed by atoms with Crippen LogP contribution in [0, 0.1) is 0 Å². The molecule has 0 radical (unpaired) electrons. The lowest BCUT2D eigenvalue weighted by Gasteiger charge is -2.12. The van der Waals surface area contributed by atoms with Crippen LogP contribution in [0.3, 0.4) is 0 Å². The summed E-state index contributed by atoms with van der Waals surface area (Å²) in [4.78, 5) is 1.14. The van der Waals surface area contributed by atoms with Crippen molar-refractivity contribution in [2.75, 3.05) is 5.75 Å². The normalized spacial score (nSPS) is 12.6. The molecule has 1 aromatic heterocycles. The second-order valence-electron chi connectivity index (χ2n) is 3.83. The van der Waals surface area contributed by atoms with Crippen molar-refractivity contribution in [3.8, 4) is 0 Å². The van der Waals surface area contributed by atoms with Gasteiger partial charge in [0.2, 0.25) is 0 Å². The van der Waals surface area contributed by atoms with E-state index < -0.39 is 6.10 Å². The molecule has 0 spiro atoms. The highest BCUT2D eigenvalue weighted by molar-refractivity contribution is 9.10. The maximum Gasteiger partial charge on any atom is 0.105 e. The second-order valence-corrected chi connectivity index (χ2v) is 5.75. The fourth-order valence-corrected chi connectivity index (χ4v) is 3.22. The molecule has 18 heavy (non-hydrogen) atoms. The molecule has 0 saturated carbocycles. The Hall–Kier alpha value is -0.780. The van der Waals surface area contributed by atoms with E-state index in [1.165, 1.54) is 0 Å². The third-order valence-electron chi connectivity index (χ3n) is 2.62. The number of hydrogen-bond acceptors (Lipinski definition) is 3. The highest BCUT2D eigenvalue weighted by Crippen LogP contribution is 2.30. The Morgan fingerprint density at radius 2 is 2.17 bits per heavy atom. The summed E-state index contributed by atoms with van der Waals surface area (Å²) < 4.78 is 2.89. The Morgan fingerprint density at radius 1 is 1.39 bits per heavy atom. The second kappa shape index (κ2) is 6.41. The number of benzene rings is 1. The van der Waals surface area contributed by atoms with Crippen LogP contribution in [0.1, 0.15) is 18.7 Å². The molecule has 0 aliphatic rings. The topological polar surface area (TPSA) is 38.0 Å². The van der Waals surface area contributed by atoms with Crippen LogP contribution in [-0.4, -0.2) is 20.6 Å². The summed E-state index contributed by atoms with van der Waals surface area (Å²) in [7, 11) is 0. The van der Waals surface area contributed by atoms with Crippen LogP contribution in [0.2, 0.25) is 0 Å². The number of halogens is 1. The van der Waals surface area contributed by atoms with Crippen molar-refractivity contribution in [1.29, 1.82) is 0 Å². The average molecular weight is 327 g/mol. The number of nitrogens with zero attached hydrogens (tertiary/aromatic N) is 2. The Labute approximate surface area is 119 Å². The van der Waals surface area contributed by atoms with Gasteiger partial charge in [-0.1, -0.05) is 12.1 Å². The standard InChI is InChI=1S/C13H15BrN2OS/c1-2-16-11(7-8-15-16)12(17)9-18-13-6-4-3-5-10(13)14/h3-8,12,17H,2,9H2,1H3. The zero-order valence-corrected chi connectivity index (χ0v) is 12.5. The molecule has 1 aromatic carbocycles. The maximum atomic E-state index is 10.2. The maximum absolute atomic E-state index is 10.2. The summed E-state index contributed by atoms with van der Waals surface area (Å²) in [5.74, 6) is 0.619. The molecule has 0 amide bonds. The first kappa shape index (κ1) is 13.6. The van der Waals surface area contributed by atoms with Gasteiger partial charge in [0, 0.05) is 27.9 Å². The van der Waals surface area contributed by atoms with Gasteiger partial charge in [0.15, 0.2) is 0 Å². The summed E-state index contributed by atoms with van der Waals surface area (Å²) in [5, 5.41) is 14.3. The molecule has 2 aromatic rings. The van der Waals surface area contributed by atoms with Gasteiger partial charge in [0.1, 0.15) is 6.10 Å². The minimum absolute atomic E-state index is 0.496. The van der Waals surface area contributed by atoms with Crippen molar-refractivity contribution < 1.29 is 5.11 Å². The first-order valence-corrected chi connectivity index (χ1v) is 7.57. The fraction of sp³-hybridized carbons (Fsp3) is 0.308. The number of hydrogen-bond donors (Lipinski definition) is 1. The van der Waals surface area contributed by atoms with E-state index >= 15 is 0 Å². The molecule has 1 unspecified atom stereocenters. The van der Waals surface area contributed by atoms with Crippen LogP contribution >= 0.6 is 27.7 Å². The number of aliphatic hydroxyl groups is 1. The van der Waals surface area contributed by atoms with E-state index in [1.807, 2.05) is 41.9 Å². The molecule has 0 saturated heterocycles. The lowest BCUT2D eigenvalue weighted by Crippen LogP contribution is -2.09. The summed E-state index contributed by atoms with van der Waals surface area (Å²) in [6.45, 7) is 2.79. The first-order valence-electron chi connectivity index (χ1n) is 5.79. The van der Waals surface area contributed by atoms with Gasteiger partial charge in [0.25, 0.3) is 0 Å². The number of rotatable bonds is 5. The zero-order valence-electron chi connectivity index (χ0n) is 10.1. The number of aliphatic hydroxyl groups excluding tert-OH is 1.